The van der Waals surface area contributed by atoms with Crippen molar-refractivity contribution < 1.29 is 9.53 Å². The van der Waals surface area contributed by atoms with Gasteiger partial charge in [0.2, 0.25) is 0 Å². The largest absolute Gasteiger partial charge is 0.463 e. The Balaban J connectivity index is 0. The molecule has 0 aliphatic rings. The van der Waals surface area contributed by atoms with Gasteiger partial charge in [0.05, 0.1) is 6.61 Å². The van der Waals surface area contributed by atoms with E-state index in [4.69, 9.17) is 4.74 Å². The Bertz CT molecular complexity index is 153. The van der Waals surface area contributed by atoms with Gasteiger partial charge in [-0.25, -0.2) is 4.79 Å². The molecule has 0 aliphatic heterocycles. The van der Waals surface area contributed by atoms with Crippen LogP contribution in [0.5, 0.6) is 0 Å². The molecule has 0 unspecified atom stereocenters. The second-order valence-corrected chi connectivity index (χ2v) is 2.52. The fourth-order valence-corrected chi connectivity index (χ4v) is 0.634. The lowest BCUT2D eigenvalue weighted by molar-refractivity contribution is -0.138. The summed E-state index contributed by atoms with van der Waals surface area (Å²) in [6.07, 6.45) is 2.74. The van der Waals surface area contributed by atoms with Gasteiger partial charge >= 0.3 is 5.97 Å². The number of allylic oxidation sites excluding steroid dienone is 1. The van der Waals surface area contributed by atoms with Gasteiger partial charge in [-0.2, -0.15) is 0 Å². The molecule has 1 N–H and O–H groups in total. The van der Waals surface area contributed by atoms with Crippen LogP contribution in [0.25, 0.3) is 0 Å². The fraction of sp³-hybridized carbons (Fsp3) is 0.700. The number of esters is 1. The molecule has 0 aromatic carbocycles. The monoisotopic (exact) mass is 187 g/mol. The minimum absolute atomic E-state index is 0.204. The number of hydrogen-bond donors (Lipinski definition) is 1. The Hall–Kier alpha value is -0.830. The van der Waals surface area contributed by atoms with E-state index in [0.29, 0.717) is 12.2 Å². The van der Waals surface area contributed by atoms with Gasteiger partial charge in [0.1, 0.15) is 0 Å². The standard InChI is InChI=1S/C8H14O2.C2H7N/c1-4-6-7(3)8(9)10-5-2;1-3-2/h6H,4-5H2,1-3H3;3H,1-2H3. The molecule has 78 valence electrons. The normalized spacial score (nSPS) is 10.1. The molecule has 0 bridgehead atoms. The maximum absolute atomic E-state index is 10.8. The summed E-state index contributed by atoms with van der Waals surface area (Å²) in [6.45, 7) is 6.01. The van der Waals surface area contributed by atoms with Gasteiger partial charge in [-0.1, -0.05) is 13.0 Å². The van der Waals surface area contributed by atoms with Crippen molar-refractivity contribution in [3.8, 4) is 0 Å². The van der Waals surface area contributed by atoms with Crippen molar-refractivity contribution in [3.63, 3.8) is 0 Å². The van der Waals surface area contributed by atoms with Crippen molar-refractivity contribution in [2.24, 2.45) is 0 Å². The molecule has 0 rings (SSSR count). The Morgan fingerprint density at radius 1 is 1.38 bits per heavy atom. The molecular formula is C10H21NO2. The second-order valence-electron chi connectivity index (χ2n) is 2.52. The van der Waals surface area contributed by atoms with E-state index in [-0.39, 0.29) is 5.97 Å². The van der Waals surface area contributed by atoms with Crippen LogP contribution in [0.15, 0.2) is 11.6 Å². The molecule has 0 aromatic heterocycles. The first-order chi connectivity index (χ1) is 6.13. The van der Waals surface area contributed by atoms with Crippen LogP contribution in [-0.4, -0.2) is 26.7 Å². The Kier molecular flexibility index (Phi) is 12.6. The first-order valence-corrected chi connectivity index (χ1v) is 4.56. The predicted molar refractivity (Wildman–Crippen MR) is 55.7 cm³/mol. The first-order valence-electron chi connectivity index (χ1n) is 4.56. The molecule has 0 radical (unpaired) electrons. The average molecular weight is 187 g/mol. The minimum atomic E-state index is -0.204. The third-order valence-electron chi connectivity index (χ3n) is 1.11. The highest BCUT2D eigenvalue weighted by Gasteiger charge is 2.01. The molecule has 13 heavy (non-hydrogen) atoms. The number of carbonyl (C=O) groups excluding carboxylic acids is 1. The van der Waals surface area contributed by atoms with Crippen LogP contribution < -0.4 is 5.32 Å². The summed E-state index contributed by atoms with van der Waals surface area (Å²) in [5.41, 5.74) is 0.698. The lowest BCUT2D eigenvalue weighted by atomic mass is 10.2. The maximum atomic E-state index is 10.8. The molecule has 0 spiro atoms. The molecule has 0 saturated carbocycles. The van der Waals surface area contributed by atoms with E-state index in [9.17, 15) is 4.79 Å². The minimum Gasteiger partial charge on any atom is -0.463 e. The van der Waals surface area contributed by atoms with Crippen LogP contribution in [0.1, 0.15) is 27.2 Å². The summed E-state index contributed by atoms with van der Waals surface area (Å²) >= 11 is 0. The van der Waals surface area contributed by atoms with Crippen LogP contribution in [-0.2, 0) is 9.53 Å². The third-order valence-corrected chi connectivity index (χ3v) is 1.11. The molecule has 0 saturated heterocycles. The molecule has 0 atom stereocenters. The van der Waals surface area contributed by atoms with Crippen LogP contribution >= 0.6 is 0 Å². The molecular weight excluding hydrogens is 166 g/mol. The summed E-state index contributed by atoms with van der Waals surface area (Å²) in [4.78, 5) is 10.8. The molecule has 3 nitrogen and oxygen atoms in total. The highest BCUT2D eigenvalue weighted by molar-refractivity contribution is 5.87. The zero-order valence-corrected chi connectivity index (χ0v) is 9.31. The van der Waals surface area contributed by atoms with Gasteiger partial charge in [0, 0.05) is 5.57 Å². The number of hydrogen-bond acceptors (Lipinski definition) is 3. The van der Waals surface area contributed by atoms with E-state index in [1.807, 2.05) is 27.1 Å². The molecule has 3 heteroatoms. The van der Waals surface area contributed by atoms with E-state index in [0.717, 1.165) is 6.42 Å². The lowest BCUT2D eigenvalue weighted by Gasteiger charge is -1.99. The lowest BCUT2D eigenvalue weighted by Crippen LogP contribution is -2.04. The molecule has 0 fully saturated rings. The first kappa shape index (κ1) is 14.7. The second kappa shape index (κ2) is 11.2. The SMILES string of the molecule is CCC=C(C)C(=O)OCC.CNC. The van der Waals surface area contributed by atoms with E-state index in [1.165, 1.54) is 0 Å². The average Bonchev–Trinajstić information content (AvgIpc) is 2.06. The van der Waals surface area contributed by atoms with E-state index >= 15 is 0 Å². The number of rotatable bonds is 3. The van der Waals surface area contributed by atoms with Crippen molar-refractivity contribution in [2.75, 3.05) is 20.7 Å². The van der Waals surface area contributed by atoms with Crippen LogP contribution in [0.3, 0.4) is 0 Å². The van der Waals surface area contributed by atoms with Crippen LogP contribution in [0.2, 0.25) is 0 Å². The zero-order chi connectivity index (χ0) is 10.7. The molecule has 0 heterocycles. The van der Waals surface area contributed by atoms with E-state index in [1.54, 1.807) is 13.8 Å². The van der Waals surface area contributed by atoms with Crippen molar-refractivity contribution in [2.45, 2.75) is 27.2 Å². The van der Waals surface area contributed by atoms with Gasteiger partial charge in [0.25, 0.3) is 0 Å². The maximum Gasteiger partial charge on any atom is 0.333 e. The topological polar surface area (TPSA) is 38.3 Å². The molecule has 0 amide bonds. The number of carbonyl (C=O) groups is 1. The van der Waals surface area contributed by atoms with Gasteiger partial charge in [-0.3, -0.25) is 0 Å². The van der Waals surface area contributed by atoms with Crippen molar-refractivity contribution in [1.29, 1.82) is 0 Å². The third kappa shape index (κ3) is 11.2. The summed E-state index contributed by atoms with van der Waals surface area (Å²) in [5, 5.41) is 2.75. The van der Waals surface area contributed by atoms with E-state index in [2.05, 4.69) is 5.32 Å². The number of nitrogens with one attached hydrogen (secondary N) is 1. The summed E-state index contributed by atoms with van der Waals surface area (Å²) in [5.74, 6) is -0.204. The van der Waals surface area contributed by atoms with Crippen molar-refractivity contribution in [1.82, 2.24) is 5.32 Å². The Morgan fingerprint density at radius 2 is 1.85 bits per heavy atom. The van der Waals surface area contributed by atoms with Crippen molar-refractivity contribution in [3.05, 3.63) is 11.6 Å². The number of ether oxygens (including phenoxy) is 1. The highest BCUT2D eigenvalue weighted by atomic mass is 16.5. The molecule has 0 aliphatic carbocycles. The van der Waals surface area contributed by atoms with Gasteiger partial charge < -0.3 is 10.1 Å². The quantitative estimate of drug-likeness (QED) is 0.540. The smallest absolute Gasteiger partial charge is 0.333 e. The van der Waals surface area contributed by atoms with Crippen molar-refractivity contribution >= 4 is 5.97 Å². The van der Waals surface area contributed by atoms with Gasteiger partial charge in [-0.15, -0.1) is 0 Å². The van der Waals surface area contributed by atoms with Gasteiger partial charge in [0.15, 0.2) is 0 Å². The summed E-state index contributed by atoms with van der Waals surface area (Å²) < 4.78 is 4.75. The van der Waals surface area contributed by atoms with Gasteiger partial charge in [-0.05, 0) is 34.4 Å². The van der Waals surface area contributed by atoms with Crippen LogP contribution in [0.4, 0.5) is 0 Å². The Morgan fingerprint density at radius 3 is 2.15 bits per heavy atom. The predicted octanol–water partition coefficient (Wildman–Crippen LogP) is 1.74. The van der Waals surface area contributed by atoms with Crippen LogP contribution in [0, 0.1) is 0 Å². The Labute approximate surface area is 81.2 Å². The summed E-state index contributed by atoms with van der Waals surface area (Å²) in [7, 11) is 3.75. The summed E-state index contributed by atoms with van der Waals surface area (Å²) in [6, 6.07) is 0. The molecule has 0 aromatic rings. The fourth-order valence-electron chi connectivity index (χ4n) is 0.634. The zero-order valence-electron chi connectivity index (χ0n) is 9.31. The highest BCUT2D eigenvalue weighted by Crippen LogP contribution is 1.97. The van der Waals surface area contributed by atoms with E-state index < -0.39 is 0 Å².